The minimum Gasteiger partial charge on any atom is -0.476 e. The molecule has 1 aliphatic carbocycles. The molecule has 0 amide bonds. The molecule has 146 valence electrons. The Morgan fingerprint density at radius 2 is 2.18 bits per heavy atom. The van der Waals surface area contributed by atoms with Crippen LogP contribution in [0.15, 0.2) is 29.1 Å². The van der Waals surface area contributed by atoms with Gasteiger partial charge in [0.05, 0.1) is 13.2 Å². The summed E-state index contributed by atoms with van der Waals surface area (Å²) in [6.07, 6.45) is 1.06. The smallest absolute Gasteiger partial charge is 0.290 e. The molecule has 4 rings (SSSR count). The average molecular weight is 398 g/mol. The molecular formula is C19H22N6O2S. The predicted octanol–water partition coefficient (Wildman–Crippen LogP) is 2.44. The molecule has 1 fully saturated rings. The van der Waals surface area contributed by atoms with E-state index in [-0.39, 0.29) is 5.56 Å². The van der Waals surface area contributed by atoms with Crippen LogP contribution < -0.4 is 15.6 Å². The summed E-state index contributed by atoms with van der Waals surface area (Å²) in [5, 5.41) is 17.1. The zero-order valence-electron chi connectivity index (χ0n) is 16.0. The van der Waals surface area contributed by atoms with Gasteiger partial charge in [-0.25, -0.2) is 4.68 Å². The van der Waals surface area contributed by atoms with Crippen LogP contribution in [0.4, 0.5) is 5.69 Å². The summed E-state index contributed by atoms with van der Waals surface area (Å²) in [6, 6.07) is 7.77. The quantitative estimate of drug-likeness (QED) is 0.653. The maximum absolute atomic E-state index is 12.3. The summed E-state index contributed by atoms with van der Waals surface area (Å²) in [7, 11) is 1.62. The fourth-order valence-electron chi connectivity index (χ4n) is 3.12. The number of aryl methyl sites for hydroxylation is 3. The van der Waals surface area contributed by atoms with Crippen molar-refractivity contribution in [2.45, 2.75) is 32.7 Å². The van der Waals surface area contributed by atoms with Crippen LogP contribution in [0.2, 0.25) is 0 Å². The van der Waals surface area contributed by atoms with Crippen molar-refractivity contribution in [1.29, 1.82) is 0 Å². The van der Waals surface area contributed by atoms with Crippen LogP contribution in [-0.2, 0) is 13.6 Å². The summed E-state index contributed by atoms with van der Waals surface area (Å²) < 4.78 is 7.17. The first-order valence-corrected chi connectivity index (χ1v) is 9.99. The Morgan fingerprint density at radius 3 is 2.93 bits per heavy atom. The molecule has 0 radical (unpaired) electrons. The number of hydrogen-bond donors (Lipinski definition) is 1. The van der Waals surface area contributed by atoms with Crippen LogP contribution in [-0.4, -0.2) is 31.6 Å². The van der Waals surface area contributed by atoms with E-state index in [1.165, 1.54) is 16.0 Å². The lowest BCUT2D eigenvalue weighted by Crippen LogP contribution is -2.24. The van der Waals surface area contributed by atoms with Crippen LogP contribution in [0.1, 0.15) is 33.7 Å². The van der Waals surface area contributed by atoms with E-state index in [2.05, 4.69) is 31.7 Å². The molecule has 0 aromatic carbocycles. The highest BCUT2D eigenvalue weighted by molar-refractivity contribution is 7.11. The van der Waals surface area contributed by atoms with Crippen LogP contribution >= 0.6 is 11.3 Å². The van der Waals surface area contributed by atoms with Gasteiger partial charge in [-0.3, -0.25) is 9.78 Å². The summed E-state index contributed by atoms with van der Waals surface area (Å²) in [5.41, 5.74) is 2.39. The fourth-order valence-corrected chi connectivity index (χ4v) is 3.76. The lowest BCUT2D eigenvalue weighted by atomic mass is 10.2. The molecule has 8 nitrogen and oxygen atoms in total. The van der Waals surface area contributed by atoms with Gasteiger partial charge >= 0.3 is 0 Å². The Bertz CT molecular complexity index is 1050. The Hall–Kier alpha value is -2.81. The normalized spacial score (nSPS) is 18.1. The van der Waals surface area contributed by atoms with Gasteiger partial charge in [0.25, 0.3) is 5.56 Å². The van der Waals surface area contributed by atoms with E-state index in [0.29, 0.717) is 36.6 Å². The van der Waals surface area contributed by atoms with Gasteiger partial charge in [-0.2, -0.15) is 0 Å². The molecule has 1 N–H and O–H groups in total. The molecule has 3 heterocycles. The number of anilines is 1. The maximum Gasteiger partial charge on any atom is 0.290 e. The molecule has 3 aromatic heterocycles. The van der Waals surface area contributed by atoms with Gasteiger partial charge in [-0.15, -0.1) is 15.3 Å². The SMILES string of the molecule is Cc1cccc(C2CC2COc2cc(NCc3nnc(C)s3)c(=O)n(C)n2)n1. The number of rotatable bonds is 7. The summed E-state index contributed by atoms with van der Waals surface area (Å²) in [5.74, 6) is 1.29. The second-order valence-electron chi connectivity index (χ2n) is 7.01. The minimum absolute atomic E-state index is 0.207. The number of nitrogens with zero attached hydrogens (tertiary/aromatic N) is 5. The number of aromatic nitrogens is 5. The third-order valence-corrected chi connectivity index (χ3v) is 5.53. The van der Waals surface area contributed by atoms with Crippen molar-refractivity contribution in [3.63, 3.8) is 0 Å². The van der Waals surface area contributed by atoms with E-state index >= 15 is 0 Å². The number of ether oxygens (including phenoxy) is 1. The Kier molecular flexibility index (Phi) is 5.08. The van der Waals surface area contributed by atoms with E-state index in [1.807, 2.05) is 26.0 Å². The molecular weight excluding hydrogens is 376 g/mol. The van der Waals surface area contributed by atoms with Crippen molar-refractivity contribution in [2.24, 2.45) is 13.0 Å². The van der Waals surface area contributed by atoms with Gasteiger partial charge in [0.15, 0.2) is 0 Å². The van der Waals surface area contributed by atoms with E-state index in [4.69, 9.17) is 4.74 Å². The van der Waals surface area contributed by atoms with E-state index in [1.54, 1.807) is 13.1 Å². The standard InChI is InChI=1S/C19H22N6O2S/c1-11-5-4-6-15(21-11)14-7-13(14)10-27-17-8-16(19(26)25(3)24-17)20-9-18-23-22-12(2)28-18/h4-6,8,13-14,20H,7,9-10H2,1-3H3. The van der Waals surface area contributed by atoms with Gasteiger partial charge in [0.1, 0.15) is 15.7 Å². The Labute approximate surface area is 166 Å². The topological polar surface area (TPSA) is 94.8 Å². The maximum atomic E-state index is 12.3. The molecule has 0 bridgehead atoms. The minimum atomic E-state index is -0.207. The molecule has 0 spiro atoms. The summed E-state index contributed by atoms with van der Waals surface area (Å²) in [4.78, 5) is 16.9. The Balaban J connectivity index is 1.38. The first-order chi connectivity index (χ1) is 13.5. The molecule has 28 heavy (non-hydrogen) atoms. The van der Waals surface area contributed by atoms with Crippen molar-refractivity contribution in [3.05, 3.63) is 56.0 Å². The monoisotopic (exact) mass is 398 g/mol. The number of nitrogens with one attached hydrogen (secondary N) is 1. The van der Waals surface area contributed by atoms with Crippen LogP contribution in [0.5, 0.6) is 5.88 Å². The van der Waals surface area contributed by atoms with Gasteiger partial charge in [0.2, 0.25) is 5.88 Å². The molecule has 0 saturated heterocycles. The van der Waals surface area contributed by atoms with Crippen molar-refractivity contribution >= 4 is 17.0 Å². The van der Waals surface area contributed by atoms with Gasteiger partial charge in [0, 0.05) is 36.3 Å². The van der Waals surface area contributed by atoms with Crippen LogP contribution in [0, 0.1) is 19.8 Å². The molecule has 9 heteroatoms. The summed E-state index contributed by atoms with van der Waals surface area (Å²) in [6.45, 7) is 4.90. The fraction of sp³-hybridized carbons (Fsp3) is 0.421. The van der Waals surface area contributed by atoms with Crippen molar-refractivity contribution < 1.29 is 4.74 Å². The van der Waals surface area contributed by atoms with E-state index < -0.39 is 0 Å². The molecule has 2 unspecified atom stereocenters. The third-order valence-electron chi connectivity index (χ3n) is 4.70. The van der Waals surface area contributed by atoms with E-state index in [0.717, 1.165) is 27.8 Å². The van der Waals surface area contributed by atoms with Crippen molar-refractivity contribution in [2.75, 3.05) is 11.9 Å². The van der Waals surface area contributed by atoms with Gasteiger partial charge < -0.3 is 10.1 Å². The van der Waals surface area contributed by atoms with E-state index in [9.17, 15) is 4.79 Å². The van der Waals surface area contributed by atoms with Crippen molar-refractivity contribution in [1.82, 2.24) is 25.0 Å². The van der Waals surface area contributed by atoms with Crippen LogP contribution in [0.25, 0.3) is 0 Å². The third kappa shape index (κ3) is 4.19. The van der Waals surface area contributed by atoms with Crippen molar-refractivity contribution in [3.8, 4) is 5.88 Å². The lowest BCUT2D eigenvalue weighted by Gasteiger charge is -2.10. The second-order valence-corrected chi connectivity index (χ2v) is 8.28. The zero-order chi connectivity index (χ0) is 19.7. The molecule has 3 aromatic rings. The highest BCUT2D eigenvalue weighted by Crippen LogP contribution is 2.46. The molecule has 2 atom stereocenters. The second kappa shape index (κ2) is 7.67. The first kappa shape index (κ1) is 18.5. The molecule has 1 aliphatic rings. The van der Waals surface area contributed by atoms with Gasteiger partial charge in [-0.05, 0) is 32.4 Å². The number of hydrogen-bond acceptors (Lipinski definition) is 8. The van der Waals surface area contributed by atoms with Gasteiger partial charge in [-0.1, -0.05) is 17.4 Å². The predicted molar refractivity (Wildman–Crippen MR) is 107 cm³/mol. The largest absolute Gasteiger partial charge is 0.476 e. The highest BCUT2D eigenvalue weighted by Gasteiger charge is 2.40. The summed E-state index contributed by atoms with van der Waals surface area (Å²) >= 11 is 1.50. The lowest BCUT2D eigenvalue weighted by molar-refractivity contribution is 0.278. The Morgan fingerprint density at radius 1 is 1.32 bits per heavy atom. The molecule has 1 saturated carbocycles. The zero-order valence-corrected chi connectivity index (χ0v) is 16.9. The highest BCUT2D eigenvalue weighted by atomic mass is 32.1. The number of pyridine rings is 1. The molecule has 0 aliphatic heterocycles. The van der Waals surface area contributed by atoms with Crippen LogP contribution in [0.3, 0.4) is 0 Å². The average Bonchev–Trinajstić information content (AvgIpc) is 3.34. The first-order valence-electron chi connectivity index (χ1n) is 9.17.